The van der Waals surface area contributed by atoms with Gasteiger partial charge in [-0.05, 0) is 68.0 Å². The fourth-order valence-electron chi connectivity index (χ4n) is 5.98. The summed E-state index contributed by atoms with van der Waals surface area (Å²) in [4.78, 5) is 11.6. The summed E-state index contributed by atoms with van der Waals surface area (Å²) < 4.78 is 36.3. The summed E-state index contributed by atoms with van der Waals surface area (Å²) in [6.07, 6.45) is 9.64. The Bertz CT molecular complexity index is 1750. The van der Waals surface area contributed by atoms with Gasteiger partial charge >= 0.3 is 0 Å². The van der Waals surface area contributed by atoms with Crippen molar-refractivity contribution in [3.63, 3.8) is 0 Å². The Morgan fingerprint density at radius 2 is 1.84 bits per heavy atom. The lowest BCUT2D eigenvalue weighted by atomic mass is 9.90. The molecule has 3 aromatic heterocycles. The molecule has 0 spiro atoms. The summed E-state index contributed by atoms with van der Waals surface area (Å²) in [6.45, 7) is 6.08. The second kappa shape index (κ2) is 13.4. The van der Waals surface area contributed by atoms with Crippen LogP contribution in [-0.4, -0.2) is 81.6 Å². The molecule has 1 aromatic carbocycles. The molecule has 4 aromatic rings. The minimum atomic E-state index is -3.61. The highest BCUT2D eigenvalue weighted by Gasteiger charge is 2.32. The van der Waals surface area contributed by atoms with E-state index < -0.39 is 10.0 Å². The fourth-order valence-corrected chi connectivity index (χ4v) is 7.41. The average Bonchev–Trinajstić information content (AvgIpc) is 3.73. The smallest absolute Gasteiger partial charge is 0.262 e. The largest absolute Gasteiger partial charge is 0.378 e. The van der Waals surface area contributed by atoms with Crippen LogP contribution in [0.5, 0.6) is 0 Å². The van der Waals surface area contributed by atoms with Gasteiger partial charge in [-0.25, -0.2) is 18.4 Å². The third kappa shape index (κ3) is 7.00. The predicted octanol–water partition coefficient (Wildman–Crippen LogP) is 3.91. The van der Waals surface area contributed by atoms with Gasteiger partial charge in [0.05, 0.1) is 43.6 Å². The van der Waals surface area contributed by atoms with Gasteiger partial charge in [-0.3, -0.25) is 9.36 Å². The van der Waals surface area contributed by atoms with Gasteiger partial charge in [-0.2, -0.15) is 19.8 Å². The standard InChI is InChI=1S/C31H38N10O3S/c1-23-20-33-31(35-26-3-5-27(6-4-26)39-15-17-44-18-16-39)36-30(23)25-21-34-41(22-25)28(7-11-32)19-24-8-13-40(14-9-24)45(42,43)29-10-12-38(2)37-29/h3-6,10,12,20-22,24,28H,7-9,13-19H2,1-2H3,(H,33,35,36). The van der Waals surface area contributed by atoms with Crippen molar-refractivity contribution in [1.82, 2.24) is 33.8 Å². The van der Waals surface area contributed by atoms with E-state index in [-0.39, 0.29) is 17.0 Å². The Morgan fingerprint density at radius 1 is 1.09 bits per heavy atom. The molecule has 236 valence electrons. The van der Waals surface area contributed by atoms with E-state index in [1.54, 1.807) is 25.6 Å². The van der Waals surface area contributed by atoms with Crippen molar-refractivity contribution < 1.29 is 13.2 Å². The maximum absolute atomic E-state index is 13.0. The zero-order valence-corrected chi connectivity index (χ0v) is 26.4. The number of nitriles is 1. The van der Waals surface area contributed by atoms with Gasteiger partial charge < -0.3 is 15.0 Å². The number of aryl methyl sites for hydroxylation is 2. The zero-order valence-electron chi connectivity index (χ0n) is 25.6. The number of hydrogen-bond acceptors (Lipinski definition) is 10. The molecule has 0 bridgehead atoms. The van der Waals surface area contributed by atoms with E-state index >= 15 is 0 Å². The van der Waals surface area contributed by atoms with Gasteiger partial charge in [0.2, 0.25) is 5.95 Å². The number of benzene rings is 1. The van der Waals surface area contributed by atoms with Gasteiger partial charge in [-0.1, -0.05) is 0 Å². The molecule has 14 heteroatoms. The lowest BCUT2D eigenvalue weighted by Crippen LogP contribution is -2.39. The summed E-state index contributed by atoms with van der Waals surface area (Å²) in [6, 6.07) is 11.9. The number of rotatable bonds is 10. The van der Waals surface area contributed by atoms with Gasteiger partial charge in [-0.15, -0.1) is 0 Å². The first-order valence-corrected chi connectivity index (χ1v) is 16.7. The summed E-state index contributed by atoms with van der Waals surface area (Å²) in [5, 5.41) is 21.7. The van der Waals surface area contributed by atoms with Crippen LogP contribution in [0.2, 0.25) is 0 Å². The minimum Gasteiger partial charge on any atom is -0.378 e. The first-order valence-electron chi connectivity index (χ1n) is 15.2. The number of aromatic nitrogens is 6. The van der Waals surface area contributed by atoms with Crippen LogP contribution in [0.15, 0.2) is 60.1 Å². The van der Waals surface area contributed by atoms with Crippen molar-refractivity contribution in [1.29, 1.82) is 5.26 Å². The molecule has 5 heterocycles. The quantitative estimate of drug-likeness (QED) is 0.274. The summed E-state index contributed by atoms with van der Waals surface area (Å²) in [5.74, 6) is 0.765. The fraction of sp³-hybridized carbons (Fsp3) is 0.452. The van der Waals surface area contributed by atoms with Crippen molar-refractivity contribution in [3.8, 4) is 17.3 Å². The molecule has 1 unspecified atom stereocenters. The third-order valence-corrected chi connectivity index (χ3v) is 10.3. The number of nitrogens with zero attached hydrogens (tertiary/aromatic N) is 9. The first kappa shape index (κ1) is 30.7. The molecule has 0 saturated carbocycles. The van der Waals surface area contributed by atoms with E-state index in [1.165, 1.54) is 15.1 Å². The van der Waals surface area contributed by atoms with E-state index in [0.29, 0.717) is 25.5 Å². The number of anilines is 3. The molecule has 45 heavy (non-hydrogen) atoms. The predicted molar refractivity (Wildman–Crippen MR) is 169 cm³/mol. The normalized spacial score (nSPS) is 17.2. The minimum absolute atomic E-state index is 0.0786. The lowest BCUT2D eigenvalue weighted by molar-refractivity contribution is 0.122. The maximum Gasteiger partial charge on any atom is 0.262 e. The topological polar surface area (TPSA) is 147 Å². The number of morpholine rings is 1. The van der Waals surface area contributed by atoms with Crippen molar-refractivity contribution in [3.05, 3.63) is 60.7 Å². The van der Waals surface area contributed by atoms with E-state index in [2.05, 4.69) is 43.6 Å². The van der Waals surface area contributed by atoms with E-state index in [0.717, 1.165) is 73.8 Å². The molecular weight excluding hydrogens is 592 g/mol. The van der Waals surface area contributed by atoms with Crippen LogP contribution in [0.1, 0.15) is 37.3 Å². The molecule has 0 radical (unpaired) electrons. The number of hydrogen-bond donors (Lipinski definition) is 1. The van der Waals surface area contributed by atoms with Crippen molar-refractivity contribution >= 4 is 27.3 Å². The summed E-state index contributed by atoms with van der Waals surface area (Å²) in [5.41, 5.74) is 4.59. The third-order valence-electron chi connectivity index (χ3n) is 8.52. The Morgan fingerprint density at radius 3 is 2.53 bits per heavy atom. The summed E-state index contributed by atoms with van der Waals surface area (Å²) in [7, 11) is -1.90. The molecule has 13 nitrogen and oxygen atoms in total. The van der Waals surface area contributed by atoms with Crippen LogP contribution in [0.3, 0.4) is 0 Å². The van der Waals surface area contributed by atoms with Crippen LogP contribution in [0, 0.1) is 24.2 Å². The Kier molecular flexibility index (Phi) is 9.11. The first-order chi connectivity index (χ1) is 21.8. The van der Waals surface area contributed by atoms with Crippen LogP contribution in [-0.2, 0) is 21.8 Å². The van der Waals surface area contributed by atoms with Crippen LogP contribution in [0.4, 0.5) is 17.3 Å². The van der Waals surface area contributed by atoms with Crippen molar-refractivity contribution in [2.75, 3.05) is 49.6 Å². The van der Waals surface area contributed by atoms with E-state index in [4.69, 9.17) is 9.72 Å². The van der Waals surface area contributed by atoms with Crippen molar-refractivity contribution in [2.24, 2.45) is 13.0 Å². The molecule has 6 rings (SSSR count). The molecule has 0 aliphatic carbocycles. The lowest BCUT2D eigenvalue weighted by Gasteiger charge is -2.32. The highest BCUT2D eigenvalue weighted by Crippen LogP contribution is 2.32. The average molecular weight is 631 g/mol. The Balaban J connectivity index is 1.10. The van der Waals surface area contributed by atoms with E-state index in [9.17, 15) is 13.7 Å². The Labute approximate surface area is 263 Å². The van der Waals surface area contributed by atoms with Gasteiger partial charge in [0.1, 0.15) is 0 Å². The van der Waals surface area contributed by atoms with Gasteiger partial charge in [0.15, 0.2) is 5.03 Å². The Hall–Kier alpha value is -4.32. The summed E-state index contributed by atoms with van der Waals surface area (Å²) >= 11 is 0. The van der Waals surface area contributed by atoms with E-state index in [1.807, 2.05) is 29.9 Å². The number of nitrogens with one attached hydrogen (secondary N) is 1. The molecule has 1 atom stereocenters. The SMILES string of the molecule is Cc1cnc(Nc2ccc(N3CCOCC3)cc2)nc1-c1cnn(C(CC#N)CC2CCN(S(=O)(=O)c3ccn(C)n3)CC2)c1. The number of piperidine rings is 1. The highest BCUT2D eigenvalue weighted by molar-refractivity contribution is 7.89. The zero-order chi connectivity index (χ0) is 31.4. The second-order valence-electron chi connectivity index (χ2n) is 11.6. The van der Waals surface area contributed by atoms with Crippen LogP contribution >= 0.6 is 0 Å². The molecule has 2 aliphatic heterocycles. The second-order valence-corrected chi connectivity index (χ2v) is 13.5. The molecule has 2 aliphatic rings. The van der Waals surface area contributed by atoms with Gasteiger partial charge in [0, 0.05) is 68.8 Å². The number of ether oxygens (including phenoxy) is 1. The van der Waals surface area contributed by atoms with Crippen molar-refractivity contribution in [2.45, 2.75) is 43.7 Å². The van der Waals surface area contributed by atoms with Gasteiger partial charge in [0.25, 0.3) is 10.0 Å². The molecule has 0 amide bonds. The number of sulfonamides is 1. The molecule has 2 fully saturated rings. The highest BCUT2D eigenvalue weighted by atomic mass is 32.2. The van der Waals surface area contributed by atoms with Crippen LogP contribution < -0.4 is 10.2 Å². The maximum atomic E-state index is 13.0. The molecule has 1 N–H and O–H groups in total. The molecular formula is C31H38N10O3S. The monoisotopic (exact) mass is 630 g/mol. The molecule has 2 saturated heterocycles. The van der Waals surface area contributed by atoms with Crippen LogP contribution in [0.25, 0.3) is 11.3 Å².